The first-order valence-electron chi connectivity index (χ1n) is 9.56. The highest BCUT2D eigenvalue weighted by Crippen LogP contribution is 2.25. The fourth-order valence-electron chi connectivity index (χ4n) is 3.31. The maximum Gasteiger partial charge on any atom is 0.221 e. The second-order valence-corrected chi connectivity index (χ2v) is 8.28. The van der Waals surface area contributed by atoms with Gasteiger partial charge in [-0.25, -0.2) is 0 Å². The van der Waals surface area contributed by atoms with Crippen LogP contribution in [0, 0.1) is 11.7 Å². The van der Waals surface area contributed by atoms with E-state index < -0.39 is 0 Å². The van der Waals surface area contributed by atoms with Gasteiger partial charge in [0.15, 0.2) is 10.6 Å². The van der Waals surface area contributed by atoms with Crippen molar-refractivity contribution in [3.05, 3.63) is 69.8 Å². The largest absolute Gasteiger partial charge is 0.356 e. The zero-order valence-corrected chi connectivity index (χ0v) is 17.8. The first-order chi connectivity index (χ1) is 14.1. The Morgan fingerprint density at radius 3 is 2.83 bits per heavy atom. The van der Waals surface area contributed by atoms with Gasteiger partial charge in [-0.3, -0.25) is 14.5 Å². The van der Waals surface area contributed by atoms with Crippen LogP contribution in [-0.4, -0.2) is 27.2 Å². The van der Waals surface area contributed by atoms with Gasteiger partial charge in [-0.05, 0) is 48.0 Å². The summed E-state index contributed by atoms with van der Waals surface area (Å²) in [5, 5.41) is 13.6. The quantitative estimate of drug-likeness (QED) is 0.417. The number of hydrogen-bond donors (Lipinski definition) is 2. The van der Waals surface area contributed by atoms with Crippen molar-refractivity contribution in [2.75, 3.05) is 6.54 Å². The molecule has 4 aromatic rings. The fraction of sp³-hybridized carbons (Fsp3) is 0.227. The highest BCUT2D eigenvalue weighted by atomic mass is 32.1. The molecule has 5 nitrogen and oxygen atoms in total. The summed E-state index contributed by atoms with van der Waals surface area (Å²) >= 11 is 7.10. The number of benzene rings is 2. The van der Waals surface area contributed by atoms with Gasteiger partial charge in [0.2, 0.25) is 5.91 Å². The molecule has 0 bridgehead atoms. The molecule has 2 aromatic heterocycles. The van der Waals surface area contributed by atoms with Gasteiger partial charge in [0.1, 0.15) is 0 Å². The first kappa shape index (κ1) is 19.5. The van der Waals surface area contributed by atoms with Crippen molar-refractivity contribution in [3.8, 4) is 11.4 Å². The van der Waals surface area contributed by atoms with Crippen LogP contribution < -0.4 is 5.32 Å². The second kappa shape index (κ2) is 8.71. The van der Waals surface area contributed by atoms with Crippen LogP contribution in [0.5, 0.6) is 0 Å². The highest BCUT2D eigenvalue weighted by Gasteiger charge is 2.11. The van der Waals surface area contributed by atoms with Crippen molar-refractivity contribution in [1.82, 2.24) is 20.1 Å². The monoisotopic (exact) mass is 422 g/mol. The van der Waals surface area contributed by atoms with Crippen LogP contribution in [-0.2, 0) is 17.8 Å². The lowest BCUT2D eigenvalue weighted by molar-refractivity contribution is -0.121. The van der Waals surface area contributed by atoms with E-state index in [1.807, 2.05) is 35.8 Å². The zero-order valence-electron chi connectivity index (χ0n) is 16.1. The number of carbonyl (C=O) groups excluding carboxylic acids is 1. The van der Waals surface area contributed by atoms with Crippen LogP contribution in [0.2, 0.25) is 0 Å². The Bertz CT molecular complexity index is 1190. The van der Waals surface area contributed by atoms with Crippen molar-refractivity contribution in [1.29, 1.82) is 0 Å². The Morgan fingerprint density at radius 2 is 2.00 bits per heavy atom. The summed E-state index contributed by atoms with van der Waals surface area (Å²) in [4.78, 5) is 12.3. The van der Waals surface area contributed by atoms with Gasteiger partial charge in [-0.2, -0.15) is 5.10 Å². The van der Waals surface area contributed by atoms with E-state index in [0.717, 1.165) is 17.8 Å². The summed E-state index contributed by atoms with van der Waals surface area (Å²) < 4.78 is 3.69. The van der Waals surface area contributed by atoms with E-state index in [9.17, 15) is 4.79 Å². The Hall–Kier alpha value is -2.77. The fourth-order valence-corrected chi connectivity index (χ4v) is 4.53. The summed E-state index contributed by atoms with van der Waals surface area (Å²) in [6, 6.07) is 16.5. The van der Waals surface area contributed by atoms with Crippen LogP contribution in [0.1, 0.15) is 17.5 Å². The SMILES string of the molecule is Cc1ccc(-c2n[nH]c(=S)n2CCC(=O)NCCc2csc3ccccc23)cc1. The van der Waals surface area contributed by atoms with Gasteiger partial charge in [0.05, 0.1) is 0 Å². The van der Waals surface area contributed by atoms with Crippen molar-refractivity contribution in [2.24, 2.45) is 0 Å². The van der Waals surface area contributed by atoms with Gasteiger partial charge < -0.3 is 5.32 Å². The van der Waals surface area contributed by atoms with E-state index in [4.69, 9.17) is 12.2 Å². The molecule has 1 amide bonds. The molecule has 2 N–H and O–H groups in total. The lowest BCUT2D eigenvalue weighted by Gasteiger charge is -2.08. The van der Waals surface area contributed by atoms with Gasteiger partial charge in [0.25, 0.3) is 0 Å². The lowest BCUT2D eigenvalue weighted by atomic mass is 10.1. The molecule has 29 heavy (non-hydrogen) atoms. The van der Waals surface area contributed by atoms with E-state index in [1.165, 1.54) is 21.2 Å². The normalized spacial score (nSPS) is 11.1. The summed E-state index contributed by atoms with van der Waals surface area (Å²) in [6.45, 7) is 3.16. The summed E-state index contributed by atoms with van der Waals surface area (Å²) in [7, 11) is 0. The topological polar surface area (TPSA) is 62.7 Å². The summed E-state index contributed by atoms with van der Waals surface area (Å²) in [5.41, 5.74) is 3.45. The molecule has 0 saturated heterocycles. The summed E-state index contributed by atoms with van der Waals surface area (Å²) in [6.07, 6.45) is 1.19. The van der Waals surface area contributed by atoms with E-state index in [-0.39, 0.29) is 5.91 Å². The number of aryl methyl sites for hydroxylation is 1. The molecule has 0 aliphatic carbocycles. The average molecular weight is 423 g/mol. The highest BCUT2D eigenvalue weighted by molar-refractivity contribution is 7.71. The molecule has 7 heteroatoms. The van der Waals surface area contributed by atoms with E-state index in [1.54, 1.807) is 11.3 Å². The molecule has 0 unspecified atom stereocenters. The second-order valence-electron chi connectivity index (χ2n) is 6.98. The Morgan fingerprint density at radius 1 is 1.21 bits per heavy atom. The van der Waals surface area contributed by atoms with E-state index in [0.29, 0.717) is 24.3 Å². The van der Waals surface area contributed by atoms with Crippen LogP contribution >= 0.6 is 23.6 Å². The van der Waals surface area contributed by atoms with Crippen LogP contribution in [0.3, 0.4) is 0 Å². The summed E-state index contributed by atoms with van der Waals surface area (Å²) in [5.74, 6) is 0.773. The molecular formula is C22H22N4OS2. The number of fused-ring (bicyclic) bond motifs is 1. The first-order valence-corrected chi connectivity index (χ1v) is 10.8. The number of thiophene rings is 1. The predicted molar refractivity (Wildman–Crippen MR) is 121 cm³/mol. The van der Waals surface area contributed by atoms with Crippen molar-refractivity contribution < 1.29 is 4.79 Å². The molecule has 4 rings (SSSR count). The third-order valence-electron chi connectivity index (χ3n) is 4.91. The molecule has 0 saturated carbocycles. The maximum atomic E-state index is 12.3. The number of rotatable bonds is 7. The smallest absolute Gasteiger partial charge is 0.221 e. The number of hydrogen-bond acceptors (Lipinski definition) is 4. The third kappa shape index (κ3) is 4.46. The maximum absolute atomic E-state index is 12.3. The minimum atomic E-state index is 0.0162. The van der Waals surface area contributed by atoms with Crippen molar-refractivity contribution in [2.45, 2.75) is 26.3 Å². The molecule has 0 spiro atoms. The predicted octanol–water partition coefficient (Wildman–Crippen LogP) is 4.88. The number of aromatic nitrogens is 3. The Kier molecular flexibility index (Phi) is 5.87. The molecule has 148 valence electrons. The van der Waals surface area contributed by atoms with Gasteiger partial charge in [0, 0.05) is 29.8 Å². The van der Waals surface area contributed by atoms with Crippen molar-refractivity contribution >= 4 is 39.5 Å². The third-order valence-corrected chi connectivity index (χ3v) is 6.23. The number of H-pyrrole nitrogens is 1. The van der Waals surface area contributed by atoms with Crippen LogP contribution in [0.15, 0.2) is 53.9 Å². The Balaban J connectivity index is 1.34. The number of nitrogens with zero attached hydrogens (tertiary/aromatic N) is 2. The standard InChI is InChI=1S/C22H22N4OS2/c1-15-6-8-16(9-7-15)21-24-25-22(28)26(21)13-11-20(27)23-12-10-17-14-29-19-5-3-2-4-18(17)19/h2-9,14H,10-13H2,1H3,(H,23,27)(H,25,28). The average Bonchev–Trinajstić information content (AvgIpc) is 3.31. The molecule has 2 heterocycles. The van der Waals surface area contributed by atoms with Crippen molar-refractivity contribution in [3.63, 3.8) is 0 Å². The number of carbonyl (C=O) groups is 1. The van der Waals surface area contributed by atoms with E-state index >= 15 is 0 Å². The van der Waals surface area contributed by atoms with Gasteiger partial charge >= 0.3 is 0 Å². The molecule has 0 fully saturated rings. The molecule has 0 atom stereocenters. The number of nitrogens with one attached hydrogen (secondary N) is 2. The van der Waals surface area contributed by atoms with Crippen LogP contribution in [0.25, 0.3) is 21.5 Å². The molecule has 0 aliphatic rings. The van der Waals surface area contributed by atoms with Gasteiger partial charge in [-0.15, -0.1) is 11.3 Å². The Labute approximate surface area is 178 Å². The lowest BCUT2D eigenvalue weighted by Crippen LogP contribution is -2.26. The minimum absolute atomic E-state index is 0.0162. The van der Waals surface area contributed by atoms with Crippen LogP contribution in [0.4, 0.5) is 0 Å². The molecular weight excluding hydrogens is 400 g/mol. The number of aromatic amines is 1. The number of amides is 1. The molecule has 2 aromatic carbocycles. The molecule has 0 aliphatic heterocycles. The van der Waals surface area contributed by atoms with E-state index in [2.05, 4.69) is 45.2 Å². The zero-order chi connectivity index (χ0) is 20.2. The molecule has 0 radical (unpaired) electrons. The van der Waals surface area contributed by atoms with Gasteiger partial charge in [-0.1, -0.05) is 48.0 Å². The minimum Gasteiger partial charge on any atom is -0.356 e.